The van der Waals surface area contributed by atoms with E-state index in [-0.39, 0.29) is 17.9 Å². The molecule has 0 aromatic heterocycles. The third kappa shape index (κ3) is 3.45. The van der Waals surface area contributed by atoms with Crippen LogP contribution in [0, 0.1) is 5.41 Å². The highest BCUT2D eigenvalue weighted by Crippen LogP contribution is 2.24. The number of amides is 2. The van der Waals surface area contributed by atoms with E-state index in [0.29, 0.717) is 13.1 Å². The first-order chi connectivity index (χ1) is 7.88. The normalized spacial score (nSPS) is 21.2. The van der Waals surface area contributed by atoms with Gasteiger partial charge in [-0.25, -0.2) is 0 Å². The summed E-state index contributed by atoms with van der Waals surface area (Å²) in [7, 11) is 0. The maximum atomic E-state index is 12.3. The molecule has 0 spiro atoms. The molecule has 4 nitrogen and oxygen atoms in total. The Kier molecular flexibility index (Phi) is 4.54. The number of nitrogens with one attached hydrogen (secondary N) is 1. The van der Waals surface area contributed by atoms with Gasteiger partial charge in [-0.3, -0.25) is 9.59 Å². The van der Waals surface area contributed by atoms with E-state index in [1.54, 1.807) is 4.90 Å². The molecule has 1 aliphatic rings. The molecule has 1 N–H and O–H groups in total. The van der Waals surface area contributed by atoms with Gasteiger partial charge in [-0.15, -0.1) is 0 Å². The minimum absolute atomic E-state index is 0.00944. The van der Waals surface area contributed by atoms with E-state index in [4.69, 9.17) is 0 Å². The summed E-state index contributed by atoms with van der Waals surface area (Å²) in [5, 5.41) is 2.82. The van der Waals surface area contributed by atoms with E-state index in [9.17, 15) is 9.59 Å². The number of carbonyl (C=O) groups is 2. The molecule has 0 saturated carbocycles. The number of likely N-dealkylation sites (tertiary alicyclic amines) is 1. The van der Waals surface area contributed by atoms with Gasteiger partial charge in [0.1, 0.15) is 6.04 Å². The fourth-order valence-electron chi connectivity index (χ4n) is 2.17. The van der Waals surface area contributed by atoms with Crippen LogP contribution in [0.3, 0.4) is 0 Å². The summed E-state index contributed by atoms with van der Waals surface area (Å²) in [6, 6.07) is -0.268. The Hall–Kier alpha value is -1.06. The third-order valence-electron chi connectivity index (χ3n) is 3.06. The van der Waals surface area contributed by atoms with Crippen LogP contribution >= 0.6 is 0 Å². The predicted octanol–water partition coefficient (Wildman–Crippen LogP) is 1.55. The van der Waals surface area contributed by atoms with Crippen LogP contribution in [0.4, 0.5) is 0 Å². The number of hydrogen-bond donors (Lipinski definition) is 1. The van der Waals surface area contributed by atoms with Crippen LogP contribution < -0.4 is 5.32 Å². The Morgan fingerprint density at radius 3 is 2.47 bits per heavy atom. The van der Waals surface area contributed by atoms with E-state index in [1.807, 2.05) is 27.7 Å². The van der Waals surface area contributed by atoms with Gasteiger partial charge in [-0.05, 0) is 26.2 Å². The van der Waals surface area contributed by atoms with Crippen molar-refractivity contribution < 1.29 is 9.59 Å². The molecule has 1 rings (SSSR count). The lowest BCUT2D eigenvalue weighted by molar-refractivity contribution is -0.148. The molecule has 98 valence electrons. The smallest absolute Gasteiger partial charge is 0.242 e. The topological polar surface area (TPSA) is 49.4 Å². The zero-order valence-corrected chi connectivity index (χ0v) is 11.4. The average Bonchev–Trinajstić information content (AvgIpc) is 2.27. The fraction of sp³-hybridized carbons (Fsp3) is 0.846. The van der Waals surface area contributed by atoms with Gasteiger partial charge >= 0.3 is 0 Å². The maximum absolute atomic E-state index is 12.3. The lowest BCUT2D eigenvalue weighted by Crippen LogP contribution is -2.54. The van der Waals surface area contributed by atoms with Crippen LogP contribution in [0.15, 0.2) is 0 Å². The number of piperidine rings is 1. The largest absolute Gasteiger partial charge is 0.355 e. The van der Waals surface area contributed by atoms with Gasteiger partial charge in [-0.2, -0.15) is 0 Å². The second-order valence-electron chi connectivity index (χ2n) is 5.65. The van der Waals surface area contributed by atoms with Crippen LogP contribution in [0.25, 0.3) is 0 Å². The highest BCUT2D eigenvalue weighted by molar-refractivity contribution is 5.89. The van der Waals surface area contributed by atoms with Crippen molar-refractivity contribution in [2.45, 2.75) is 53.0 Å². The first-order valence-electron chi connectivity index (χ1n) is 6.46. The SMILES string of the molecule is CCNC(=O)C1CCCCN1C(=O)C(C)(C)C. The molecule has 0 radical (unpaired) electrons. The highest BCUT2D eigenvalue weighted by atomic mass is 16.2. The lowest BCUT2D eigenvalue weighted by atomic mass is 9.91. The summed E-state index contributed by atoms with van der Waals surface area (Å²) in [6.07, 6.45) is 2.81. The summed E-state index contributed by atoms with van der Waals surface area (Å²) in [4.78, 5) is 26.0. The molecule has 2 amide bonds. The van der Waals surface area contributed by atoms with E-state index >= 15 is 0 Å². The van der Waals surface area contributed by atoms with Gasteiger partial charge in [0.2, 0.25) is 11.8 Å². The zero-order chi connectivity index (χ0) is 13.1. The van der Waals surface area contributed by atoms with Crippen molar-refractivity contribution in [1.82, 2.24) is 10.2 Å². The molecule has 1 aliphatic heterocycles. The number of likely N-dealkylation sites (N-methyl/N-ethyl adjacent to an activating group) is 1. The molecule has 1 unspecified atom stereocenters. The van der Waals surface area contributed by atoms with Gasteiger partial charge in [0, 0.05) is 18.5 Å². The van der Waals surface area contributed by atoms with Gasteiger partial charge in [0.25, 0.3) is 0 Å². The predicted molar refractivity (Wildman–Crippen MR) is 67.5 cm³/mol. The monoisotopic (exact) mass is 240 g/mol. The molecule has 1 heterocycles. The van der Waals surface area contributed by atoms with Crippen LogP contribution in [-0.2, 0) is 9.59 Å². The van der Waals surface area contributed by atoms with Crippen LogP contribution in [-0.4, -0.2) is 35.8 Å². The van der Waals surface area contributed by atoms with Crippen LogP contribution in [0.5, 0.6) is 0 Å². The molecule has 0 bridgehead atoms. The summed E-state index contributed by atoms with van der Waals surface area (Å²) in [6.45, 7) is 8.93. The highest BCUT2D eigenvalue weighted by Gasteiger charge is 2.36. The van der Waals surface area contributed by atoms with E-state index in [2.05, 4.69) is 5.32 Å². The molecule has 1 saturated heterocycles. The number of carbonyl (C=O) groups excluding carboxylic acids is 2. The van der Waals surface area contributed by atoms with Crippen molar-refractivity contribution in [2.24, 2.45) is 5.41 Å². The maximum Gasteiger partial charge on any atom is 0.242 e. The minimum atomic E-state index is -0.415. The van der Waals surface area contributed by atoms with Crippen molar-refractivity contribution in [3.8, 4) is 0 Å². The van der Waals surface area contributed by atoms with Crippen molar-refractivity contribution in [3.05, 3.63) is 0 Å². The second-order valence-corrected chi connectivity index (χ2v) is 5.65. The molecule has 1 atom stereocenters. The molecular formula is C13H24N2O2. The van der Waals surface area contributed by atoms with Gasteiger partial charge < -0.3 is 10.2 Å². The molecule has 0 aromatic carbocycles. The molecule has 17 heavy (non-hydrogen) atoms. The molecule has 0 aromatic rings. The minimum Gasteiger partial charge on any atom is -0.355 e. The van der Waals surface area contributed by atoms with Crippen LogP contribution in [0.1, 0.15) is 47.0 Å². The Bertz CT molecular complexity index is 294. The Morgan fingerprint density at radius 2 is 1.94 bits per heavy atom. The van der Waals surface area contributed by atoms with Crippen molar-refractivity contribution in [1.29, 1.82) is 0 Å². The molecular weight excluding hydrogens is 216 g/mol. The Balaban J connectivity index is 2.79. The second kappa shape index (κ2) is 5.52. The number of hydrogen-bond acceptors (Lipinski definition) is 2. The first kappa shape index (κ1) is 14.0. The first-order valence-corrected chi connectivity index (χ1v) is 6.46. The van der Waals surface area contributed by atoms with Crippen molar-refractivity contribution in [3.63, 3.8) is 0 Å². The van der Waals surface area contributed by atoms with Crippen molar-refractivity contribution in [2.75, 3.05) is 13.1 Å². The summed E-state index contributed by atoms with van der Waals surface area (Å²) < 4.78 is 0. The van der Waals surface area contributed by atoms with Gasteiger partial charge in [-0.1, -0.05) is 20.8 Å². The summed E-state index contributed by atoms with van der Waals surface area (Å²) in [5.74, 6) is 0.0678. The van der Waals surface area contributed by atoms with E-state index in [0.717, 1.165) is 19.3 Å². The Morgan fingerprint density at radius 1 is 1.29 bits per heavy atom. The summed E-state index contributed by atoms with van der Waals surface area (Å²) >= 11 is 0. The van der Waals surface area contributed by atoms with E-state index in [1.165, 1.54) is 0 Å². The molecule has 0 aliphatic carbocycles. The Labute approximate surface area is 104 Å². The standard InChI is InChI=1S/C13H24N2O2/c1-5-14-11(16)10-8-6-7-9-15(10)12(17)13(2,3)4/h10H,5-9H2,1-4H3,(H,14,16). The number of rotatable bonds is 2. The van der Waals surface area contributed by atoms with Gasteiger partial charge in [0.15, 0.2) is 0 Å². The summed E-state index contributed by atoms with van der Waals surface area (Å²) in [5.41, 5.74) is -0.415. The van der Waals surface area contributed by atoms with Gasteiger partial charge in [0.05, 0.1) is 0 Å². The fourth-order valence-corrected chi connectivity index (χ4v) is 2.17. The quantitative estimate of drug-likeness (QED) is 0.796. The lowest BCUT2D eigenvalue weighted by Gasteiger charge is -2.38. The van der Waals surface area contributed by atoms with E-state index < -0.39 is 5.41 Å². The molecule has 1 fully saturated rings. The zero-order valence-electron chi connectivity index (χ0n) is 11.4. The van der Waals surface area contributed by atoms with Crippen molar-refractivity contribution >= 4 is 11.8 Å². The van der Waals surface area contributed by atoms with Crippen LogP contribution in [0.2, 0.25) is 0 Å². The third-order valence-corrected chi connectivity index (χ3v) is 3.06. The molecule has 4 heteroatoms. The number of nitrogens with zero attached hydrogens (tertiary/aromatic N) is 1. The average molecular weight is 240 g/mol.